The van der Waals surface area contributed by atoms with Crippen LogP contribution in [0, 0.1) is 0 Å². The number of hydrogen-bond donors (Lipinski definition) is 0. The van der Waals surface area contributed by atoms with Gasteiger partial charge in [-0.05, 0) is 31.5 Å². The molecular formula is C16H19ClN2O2. The van der Waals surface area contributed by atoms with Crippen molar-refractivity contribution >= 4 is 11.6 Å². The summed E-state index contributed by atoms with van der Waals surface area (Å²) < 4.78 is 7.19. The molecule has 21 heavy (non-hydrogen) atoms. The molecular weight excluding hydrogens is 288 g/mol. The van der Waals surface area contributed by atoms with Crippen LogP contribution in [-0.2, 0) is 12.4 Å². The van der Waals surface area contributed by atoms with Crippen LogP contribution >= 0.6 is 11.6 Å². The van der Waals surface area contributed by atoms with Crippen molar-refractivity contribution in [3.05, 3.63) is 46.2 Å². The van der Waals surface area contributed by atoms with Crippen molar-refractivity contribution in [3.63, 3.8) is 0 Å². The van der Waals surface area contributed by atoms with E-state index in [2.05, 4.69) is 12.0 Å². The van der Waals surface area contributed by atoms with Crippen LogP contribution in [0.2, 0.25) is 0 Å². The molecule has 0 unspecified atom stereocenters. The number of benzene rings is 1. The van der Waals surface area contributed by atoms with Gasteiger partial charge in [-0.25, -0.2) is 4.68 Å². The molecule has 1 aromatic carbocycles. The molecule has 0 N–H and O–H groups in total. The second-order valence-electron chi connectivity index (χ2n) is 4.65. The zero-order valence-corrected chi connectivity index (χ0v) is 13.1. The highest BCUT2D eigenvalue weighted by Crippen LogP contribution is 2.28. The standard InChI is InChI=1S/C16H19ClN2O2/c1-3-9-21-15-8-6-5-7-13(15)14-10-12(11-17)16(20)19(4-2)18-14/h5-8,10H,3-4,9,11H2,1-2H3. The molecule has 0 bridgehead atoms. The van der Waals surface area contributed by atoms with E-state index < -0.39 is 0 Å². The Morgan fingerprint density at radius 1 is 1.29 bits per heavy atom. The van der Waals surface area contributed by atoms with Crippen molar-refractivity contribution in [3.8, 4) is 17.0 Å². The van der Waals surface area contributed by atoms with Gasteiger partial charge in [-0.15, -0.1) is 11.6 Å². The number of aromatic nitrogens is 2. The monoisotopic (exact) mass is 306 g/mol. The molecule has 112 valence electrons. The maximum Gasteiger partial charge on any atom is 0.271 e. The van der Waals surface area contributed by atoms with Crippen molar-refractivity contribution in [1.29, 1.82) is 0 Å². The van der Waals surface area contributed by atoms with Crippen LogP contribution in [0.15, 0.2) is 35.1 Å². The summed E-state index contributed by atoms with van der Waals surface area (Å²) in [4.78, 5) is 12.1. The Balaban J connectivity index is 2.54. The smallest absolute Gasteiger partial charge is 0.271 e. The Hall–Kier alpha value is -1.81. The lowest BCUT2D eigenvalue weighted by Crippen LogP contribution is -2.25. The van der Waals surface area contributed by atoms with Gasteiger partial charge in [-0.3, -0.25) is 4.79 Å². The zero-order valence-electron chi connectivity index (χ0n) is 12.3. The first kappa shape index (κ1) is 15.6. The number of alkyl halides is 1. The van der Waals surface area contributed by atoms with E-state index in [0.29, 0.717) is 24.4 Å². The first-order valence-electron chi connectivity index (χ1n) is 7.10. The first-order valence-corrected chi connectivity index (χ1v) is 7.63. The largest absolute Gasteiger partial charge is 0.493 e. The summed E-state index contributed by atoms with van der Waals surface area (Å²) in [5.41, 5.74) is 2.00. The molecule has 0 atom stereocenters. The molecule has 0 spiro atoms. The van der Waals surface area contributed by atoms with E-state index in [9.17, 15) is 4.79 Å². The Morgan fingerprint density at radius 2 is 2.05 bits per heavy atom. The molecule has 0 aliphatic carbocycles. The maximum atomic E-state index is 12.1. The van der Waals surface area contributed by atoms with Crippen LogP contribution in [0.1, 0.15) is 25.8 Å². The van der Waals surface area contributed by atoms with E-state index in [1.807, 2.05) is 31.2 Å². The van der Waals surface area contributed by atoms with Gasteiger partial charge >= 0.3 is 0 Å². The third-order valence-corrected chi connectivity index (χ3v) is 3.40. The first-order chi connectivity index (χ1) is 10.2. The highest BCUT2D eigenvalue weighted by Gasteiger charge is 2.12. The summed E-state index contributed by atoms with van der Waals surface area (Å²) in [6.07, 6.45) is 0.934. The predicted octanol–water partition coefficient (Wildman–Crippen LogP) is 3.46. The fourth-order valence-corrected chi connectivity index (χ4v) is 2.25. The predicted molar refractivity (Wildman–Crippen MR) is 85.0 cm³/mol. The van der Waals surface area contributed by atoms with Crippen molar-refractivity contribution in [1.82, 2.24) is 9.78 Å². The van der Waals surface area contributed by atoms with Gasteiger partial charge in [0.05, 0.1) is 18.2 Å². The lowest BCUT2D eigenvalue weighted by Gasteiger charge is -2.12. The fourth-order valence-electron chi connectivity index (χ4n) is 2.05. The van der Waals surface area contributed by atoms with Gasteiger partial charge < -0.3 is 4.74 Å². The summed E-state index contributed by atoms with van der Waals surface area (Å²) in [6.45, 7) is 5.10. The molecule has 0 saturated heterocycles. The third kappa shape index (κ3) is 3.45. The molecule has 1 aromatic heterocycles. The van der Waals surface area contributed by atoms with Crippen molar-refractivity contribution in [2.45, 2.75) is 32.7 Å². The molecule has 0 fully saturated rings. The number of ether oxygens (including phenoxy) is 1. The molecule has 1 heterocycles. The van der Waals surface area contributed by atoms with Crippen LogP contribution in [0.4, 0.5) is 0 Å². The van der Waals surface area contributed by atoms with E-state index in [-0.39, 0.29) is 11.4 Å². The van der Waals surface area contributed by atoms with Crippen LogP contribution < -0.4 is 10.3 Å². The number of aryl methyl sites for hydroxylation is 1. The summed E-state index contributed by atoms with van der Waals surface area (Å²) in [7, 11) is 0. The van der Waals surface area contributed by atoms with Gasteiger partial charge in [-0.1, -0.05) is 19.1 Å². The quantitative estimate of drug-likeness (QED) is 0.768. The minimum atomic E-state index is -0.136. The van der Waals surface area contributed by atoms with Crippen LogP contribution in [0.5, 0.6) is 5.75 Å². The molecule has 2 aromatic rings. The summed E-state index contributed by atoms with van der Waals surface area (Å²) >= 11 is 5.87. The van der Waals surface area contributed by atoms with E-state index in [1.165, 1.54) is 4.68 Å². The zero-order chi connectivity index (χ0) is 15.2. The maximum absolute atomic E-state index is 12.1. The normalized spacial score (nSPS) is 10.6. The lowest BCUT2D eigenvalue weighted by atomic mass is 10.1. The Morgan fingerprint density at radius 3 is 2.71 bits per heavy atom. The molecule has 0 radical (unpaired) electrons. The highest BCUT2D eigenvalue weighted by molar-refractivity contribution is 6.17. The molecule has 0 amide bonds. The van der Waals surface area contributed by atoms with Crippen molar-refractivity contribution < 1.29 is 4.74 Å². The number of para-hydroxylation sites is 1. The van der Waals surface area contributed by atoms with Gasteiger partial charge in [0.2, 0.25) is 0 Å². The fraction of sp³-hybridized carbons (Fsp3) is 0.375. The SMILES string of the molecule is CCCOc1ccccc1-c1cc(CCl)c(=O)n(CC)n1. The summed E-state index contributed by atoms with van der Waals surface area (Å²) in [5.74, 6) is 0.945. The second-order valence-corrected chi connectivity index (χ2v) is 4.92. The van der Waals surface area contributed by atoms with Crippen LogP contribution in [-0.4, -0.2) is 16.4 Å². The van der Waals surface area contributed by atoms with Crippen LogP contribution in [0.25, 0.3) is 11.3 Å². The summed E-state index contributed by atoms with van der Waals surface area (Å²) in [5, 5.41) is 4.40. The molecule has 0 aliphatic heterocycles. The van der Waals surface area contributed by atoms with E-state index in [4.69, 9.17) is 16.3 Å². The Bertz CT molecular complexity index is 639. The van der Waals surface area contributed by atoms with Gasteiger partial charge in [0, 0.05) is 17.7 Å². The topological polar surface area (TPSA) is 44.1 Å². The third-order valence-electron chi connectivity index (χ3n) is 3.12. The highest BCUT2D eigenvalue weighted by atomic mass is 35.5. The molecule has 5 heteroatoms. The molecule has 0 aliphatic rings. The van der Waals surface area contributed by atoms with E-state index in [1.54, 1.807) is 6.07 Å². The summed E-state index contributed by atoms with van der Waals surface area (Å²) in [6, 6.07) is 9.45. The average molecular weight is 307 g/mol. The number of hydrogen-bond acceptors (Lipinski definition) is 3. The van der Waals surface area contributed by atoms with Crippen LogP contribution in [0.3, 0.4) is 0 Å². The van der Waals surface area contributed by atoms with E-state index >= 15 is 0 Å². The van der Waals surface area contributed by atoms with Gasteiger partial charge in [-0.2, -0.15) is 5.10 Å². The molecule has 0 saturated carbocycles. The number of halogens is 1. The molecule has 2 rings (SSSR count). The lowest BCUT2D eigenvalue weighted by molar-refractivity contribution is 0.318. The molecule has 4 nitrogen and oxygen atoms in total. The van der Waals surface area contributed by atoms with Gasteiger partial charge in [0.1, 0.15) is 5.75 Å². The second kappa shape index (κ2) is 7.27. The van der Waals surface area contributed by atoms with Gasteiger partial charge in [0.25, 0.3) is 5.56 Å². The minimum Gasteiger partial charge on any atom is -0.493 e. The van der Waals surface area contributed by atoms with Gasteiger partial charge in [0.15, 0.2) is 0 Å². The van der Waals surface area contributed by atoms with E-state index in [0.717, 1.165) is 17.7 Å². The van der Waals surface area contributed by atoms with Crippen molar-refractivity contribution in [2.24, 2.45) is 0 Å². The number of rotatable bonds is 6. The average Bonchev–Trinajstić information content (AvgIpc) is 2.53. The minimum absolute atomic E-state index is 0.136. The number of nitrogens with zero attached hydrogens (tertiary/aromatic N) is 2. The Labute approximate surface area is 129 Å². The Kier molecular flexibility index (Phi) is 5.39. The van der Waals surface area contributed by atoms with Crippen molar-refractivity contribution in [2.75, 3.05) is 6.61 Å².